The molecular weight excluding hydrogens is 448 g/mol. The van der Waals surface area contributed by atoms with E-state index in [1.807, 2.05) is 64.2 Å². The lowest BCUT2D eigenvalue weighted by atomic mass is 9.94. The Bertz CT molecular complexity index is 1420. The van der Waals surface area contributed by atoms with Gasteiger partial charge in [-0.25, -0.2) is 0 Å². The summed E-state index contributed by atoms with van der Waals surface area (Å²) < 4.78 is 1.94. The summed E-state index contributed by atoms with van der Waals surface area (Å²) in [6, 6.07) is 26.0. The van der Waals surface area contributed by atoms with E-state index in [9.17, 15) is 9.59 Å². The van der Waals surface area contributed by atoms with E-state index in [1.165, 1.54) is 0 Å². The monoisotopic (exact) mass is 478 g/mol. The smallest absolute Gasteiger partial charge is 0.274 e. The van der Waals surface area contributed by atoms with Crippen molar-refractivity contribution in [3.63, 3.8) is 0 Å². The number of aryl methyl sites for hydroxylation is 1. The highest BCUT2D eigenvalue weighted by molar-refractivity contribution is 6.01. The van der Waals surface area contributed by atoms with Crippen molar-refractivity contribution in [1.29, 1.82) is 0 Å². The van der Waals surface area contributed by atoms with Crippen molar-refractivity contribution in [1.82, 2.24) is 19.6 Å². The highest BCUT2D eigenvalue weighted by atomic mass is 16.2. The number of fused-ring (bicyclic) bond motifs is 1. The van der Waals surface area contributed by atoms with E-state index in [0.29, 0.717) is 37.3 Å². The molecule has 4 aromatic rings. The first kappa shape index (κ1) is 23.5. The van der Waals surface area contributed by atoms with Gasteiger partial charge in [-0.05, 0) is 35.2 Å². The quantitative estimate of drug-likeness (QED) is 0.414. The average Bonchev–Trinajstić information content (AvgIpc) is 3.26. The lowest BCUT2D eigenvalue weighted by Crippen LogP contribution is -2.37. The third kappa shape index (κ3) is 4.42. The first-order valence-electron chi connectivity index (χ1n) is 12.2. The SMILES string of the molecule is Cc1ccccc1-c1ccccc1C(=O)N1CCc2c(c(C(=O)N(C)C)nn2Cc2ccccc2)C1. The van der Waals surface area contributed by atoms with E-state index in [1.54, 1.807) is 19.0 Å². The predicted octanol–water partition coefficient (Wildman–Crippen LogP) is 4.81. The fourth-order valence-electron chi connectivity index (χ4n) is 4.88. The maximum atomic E-state index is 13.8. The van der Waals surface area contributed by atoms with E-state index in [2.05, 4.69) is 31.2 Å². The number of amides is 2. The molecule has 0 saturated heterocycles. The summed E-state index contributed by atoms with van der Waals surface area (Å²) in [6.45, 7) is 3.59. The number of nitrogens with zero attached hydrogens (tertiary/aromatic N) is 4. The third-order valence-electron chi connectivity index (χ3n) is 6.80. The molecule has 0 atom stereocenters. The molecule has 0 fully saturated rings. The number of hydrogen-bond donors (Lipinski definition) is 0. The standard InChI is InChI=1S/C30H30N4O2/c1-21-11-7-8-14-23(21)24-15-9-10-16-25(24)29(35)33-18-17-27-26(20-33)28(30(36)32(2)3)31-34(27)19-22-12-5-4-6-13-22/h4-16H,17-20H2,1-3H3. The number of hydrogen-bond acceptors (Lipinski definition) is 3. The normalized spacial score (nSPS) is 12.8. The fraction of sp³-hybridized carbons (Fsp3) is 0.233. The number of benzene rings is 3. The van der Waals surface area contributed by atoms with E-state index in [0.717, 1.165) is 33.5 Å². The van der Waals surface area contributed by atoms with Crippen molar-refractivity contribution in [2.24, 2.45) is 0 Å². The Hall–Kier alpha value is -4.19. The molecule has 0 saturated carbocycles. The van der Waals surface area contributed by atoms with Crippen molar-refractivity contribution < 1.29 is 9.59 Å². The molecule has 6 nitrogen and oxygen atoms in total. The van der Waals surface area contributed by atoms with Gasteiger partial charge in [-0.2, -0.15) is 5.10 Å². The van der Waals surface area contributed by atoms with Crippen LogP contribution in [-0.4, -0.2) is 52.0 Å². The highest BCUT2D eigenvalue weighted by Gasteiger charge is 2.31. The molecule has 0 spiro atoms. The number of carbonyl (C=O) groups is 2. The summed E-state index contributed by atoms with van der Waals surface area (Å²) in [7, 11) is 3.46. The first-order chi connectivity index (χ1) is 17.4. The van der Waals surface area contributed by atoms with Crippen LogP contribution in [0.3, 0.4) is 0 Å². The summed E-state index contributed by atoms with van der Waals surface area (Å²) in [5, 5.41) is 4.74. The summed E-state index contributed by atoms with van der Waals surface area (Å²) in [6.07, 6.45) is 0.647. The van der Waals surface area contributed by atoms with Crippen LogP contribution < -0.4 is 0 Å². The second-order valence-electron chi connectivity index (χ2n) is 9.45. The Morgan fingerprint density at radius 1 is 0.889 bits per heavy atom. The molecule has 3 aromatic carbocycles. The van der Waals surface area contributed by atoms with Gasteiger partial charge >= 0.3 is 0 Å². The van der Waals surface area contributed by atoms with Crippen LogP contribution in [0.2, 0.25) is 0 Å². The summed E-state index contributed by atoms with van der Waals surface area (Å²) >= 11 is 0. The van der Waals surface area contributed by atoms with Gasteiger partial charge in [-0.1, -0.05) is 72.8 Å². The number of rotatable bonds is 5. The maximum Gasteiger partial charge on any atom is 0.274 e. The minimum absolute atomic E-state index is 0.0291. The molecule has 6 heteroatoms. The molecule has 0 aliphatic carbocycles. The lowest BCUT2D eigenvalue weighted by Gasteiger charge is -2.29. The Morgan fingerprint density at radius 2 is 1.56 bits per heavy atom. The Labute approximate surface area is 211 Å². The van der Waals surface area contributed by atoms with E-state index < -0.39 is 0 Å². The van der Waals surface area contributed by atoms with Gasteiger partial charge < -0.3 is 9.80 Å². The van der Waals surface area contributed by atoms with E-state index in [-0.39, 0.29) is 11.8 Å². The van der Waals surface area contributed by atoms with Gasteiger partial charge in [0.2, 0.25) is 0 Å². The van der Waals surface area contributed by atoms with Crippen molar-refractivity contribution in [2.75, 3.05) is 20.6 Å². The predicted molar refractivity (Wildman–Crippen MR) is 141 cm³/mol. The van der Waals surface area contributed by atoms with Gasteiger partial charge in [-0.3, -0.25) is 14.3 Å². The zero-order chi connectivity index (χ0) is 25.2. The number of aromatic nitrogens is 2. The molecule has 0 N–H and O–H groups in total. The van der Waals surface area contributed by atoms with Crippen molar-refractivity contribution >= 4 is 11.8 Å². The minimum Gasteiger partial charge on any atom is -0.343 e. The van der Waals surface area contributed by atoms with Gasteiger partial charge in [0.15, 0.2) is 5.69 Å². The van der Waals surface area contributed by atoms with Crippen molar-refractivity contribution in [2.45, 2.75) is 26.4 Å². The molecule has 0 unspecified atom stereocenters. The molecule has 1 aromatic heterocycles. The van der Waals surface area contributed by atoms with Crippen LogP contribution in [0.15, 0.2) is 78.9 Å². The Kier molecular flexibility index (Phi) is 6.42. The summed E-state index contributed by atoms with van der Waals surface area (Å²) in [5.41, 5.74) is 7.20. The van der Waals surface area contributed by atoms with Crippen LogP contribution in [0.4, 0.5) is 0 Å². The second kappa shape index (κ2) is 9.82. The summed E-state index contributed by atoms with van der Waals surface area (Å²) in [5.74, 6) is -0.175. The lowest BCUT2D eigenvalue weighted by molar-refractivity contribution is 0.0727. The molecule has 182 valence electrons. The van der Waals surface area contributed by atoms with Crippen LogP contribution in [0.25, 0.3) is 11.1 Å². The van der Waals surface area contributed by atoms with Gasteiger partial charge in [0.05, 0.1) is 13.1 Å². The fourth-order valence-corrected chi connectivity index (χ4v) is 4.88. The van der Waals surface area contributed by atoms with Crippen molar-refractivity contribution in [3.05, 3.63) is 113 Å². The van der Waals surface area contributed by atoms with Gasteiger partial charge in [0.25, 0.3) is 11.8 Å². The first-order valence-corrected chi connectivity index (χ1v) is 12.2. The van der Waals surface area contributed by atoms with Gasteiger partial charge in [0, 0.05) is 43.9 Å². The summed E-state index contributed by atoms with van der Waals surface area (Å²) in [4.78, 5) is 30.3. The maximum absolute atomic E-state index is 13.8. The van der Waals surface area contributed by atoms with Crippen LogP contribution in [0.1, 0.15) is 43.2 Å². The van der Waals surface area contributed by atoms with Crippen LogP contribution in [-0.2, 0) is 19.5 Å². The second-order valence-corrected chi connectivity index (χ2v) is 9.45. The minimum atomic E-state index is -0.146. The molecule has 36 heavy (non-hydrogen) atoms. The topological polar surface area (TPSA) is 58.4 Å². The molecular formula is C30H30N4O2. The molecule has 0 radical (unpaired) electrons. The largest absolute Gasteiger partial charge is 0.343 e. The van der Waals surface area contributed by atoms with Gasteiger partial charge in [0.1, 0.15) is 0 Å². The van der Waals surface area contributed by atoms with Crippen LogP contribution in [0.5, 0.6) is 0 Å². The van der Waals surface area contributed by atoms with Crippen LogP contribution in [0, 0.1) is 6.92 Å². The van der Waals surface area contributed by atoms with E-state index >= 15 is 0 Å². The Morgan fingerprint density at radius 3 is 2.28 bits per heavy atom. The molecule has 2 amide bonds. The molecule has 2 heterocycles. The van der Waals surface area contributed by atoms with Crippen LogP contribution >= 0.6 is 0 Å². The molecule has 1 aliphatic rings. The van der Waals surface area contributed by atoms with E-state index in [4.69, 9.17) is 5.10 Å². The third-order valence-corrected chi connectivity index (χ3v) is 6.80. The number of carbonyl (C=O) groups excluding carboxylic acids is 2. The van der Waals surface area contributed by atoms with Gasteiger partial charge in [-0.15, -0.1) is 0 Å². The van der Waals surface area contributed by atoms with Crippen molar-refractivity contribution in [3.8, 4) is 11.1 Å². The highest BCUT2D eigenvalue weighted by Crippen LogP contribution is 2.30. The molecule has 1 aliphatic heterocycles. The molecule has 0 bridgehead atoms. The molecule has 5 rings (SSSR count). The average molecular weight is 479 g/mol. The zero-order valence-electron chi connectivity index (χ0n) is 20.9. The Balaban J connectivity index is 1.50. The zero-order valence-corrected chi connectivity index (χ0v) is 20.9.